The van der Waals surface area contributed by atoms with Crippen molar-refractivity contribution in [3.8, 4) is 0 Å². The van der Waals surface area contributed by atoms with Gasteiger partial charge < -0.3 is 15.1 Å². The lowest BCUT2D eigenvalue weighted by Gasteiger charge is -2.33. The lowest BCUT2D eigenvalue weighted by atomic mass is 10.2. The molecule has 1 aliphatic rings. The van der Waals surface area contributed by atoms with Gasteiger partial charge in [0, 0.05) is 17.4 Å². The van der Waals surface area contributed by atoms with Crippen LogP contribution < -0.4 is 15.1 Å². The van der Waals surface area contributed by atoms with Crippen molar-refractivity contribution in [2.45, 2.75) is 6.42 Å². The highest BCUT2D eigenvalue weighted by atomic mass is 19.2. The molecule has 0 aromatic heterocycles. The molecular weight excluding hydrogens is 324 g/mol. The average Bonchev–Trinajstić information content (AvgIpc) is 2.64. The second kappa shape index (κ2) is 8.07. The Morgan fingerprint density at radius 1 is 1.04 bits per heavy atom. The van der Waals surface area contributed by atoms with Crippen LogP contribution in [0.4, 0.5) is 20.2 Å². The van der Waals surface area contributed by atoms with Gasteiger partial charge in [-0.1, -0.05) is 18.2 Å². The van der Waals surface area contributed by atoms with Gasteiger partial charge in [0.25, 0.3) is 0 Å². The van der Waals surface area contributed by atoms with Crippen molar-refractivity contribution in [1.82, 2.24) is 0 Å². The number of nitrogens with zero attached hydrogens (tertiary/aromatic N) is 1. The van der Waals surface area contributed by atoms with Crippen LogP contribution in [0.15, 0.2) is 48.5 Å². The highest BCUT2D eigenvalue weighted by molar-refractivity contribution is 5.90. The van der Waals surface area contributed by atoms with E-state index in [4.69, 9.17) is 0 Å². The first-order chi connectivity index (χ1) is 12.1. The van der Waals surface area contributed by atoms with Crippen molar-refractivity contribution in [3.63, 3.8) is 0 Å². The molecule has 0 unspecified atom stereocenters. The minimum atomic E-state index is -0.958. The van der Waals surface area contributed by atoms with E-state index >= 15 is 0 Å². The van der Waals surface area contributed by atoms with Crippen LogP contribution in [0.25, 0.3) is 0 Å². The predicted octanol–water partition coefficient (Wildman–Crippen LogP) is 1.70. The molecule has 1 amide bonds. The third kappa shape index (κ3) is 4.76. The number of amides is 1. The molecule has 132 valence electrons. The van der Waals surface area contributed by atoms with Gasteiger partial charge in [-0.2, -0.15) is 0 Å². The molecule has 2 aromatic rings. The summed E-state index contributed by atoms with van der Waals surface area (Å²) < 4.78 is 26.0. The summed E-state index contributed by atoms with van der Waals surface area (Å²) in [5.74, 6) is -2.05. The number of nitrogens with one attached hydrogen (secondary N) is 2. The Balaban J connectivity index is 1.42. The Kier molecular flexibility index (Phi) is 5.60. The van der Waals surface area contributed by atoms with E-state index in [1.807, 2.05) is 18.2 Å². The summed E-state index contributed by atoms with van der Waals surface area (Å²) in [6.07, 6.45) is 0.361. The third-order valence-corrected chi connectivity index (χ3v) is 4.50. The van der Waals surface area contributed by atoms with Crippen molar-refractivity contribution in [2.24, 2.45) is 0 Å². The Hall–Kier alpha value is -2.47. The van der Waals surface area contributed by atoms with Crippen molar-refractivity contribution in [2.75, 3.05) is 42.9 Å². The summed E-state index contributed by atoms with van der Waals surface area (Å²) in [6, 6.07) is 13.7. The summed E-state index contributed by atoms with van der Waals surface area (Å²) in [4.78, 5) is 15.7. The van der Waals surface area contributed by atoms with Crippen molar-refractivity contribution >= 4 is 17.3 Å². The smallest absolute Gasteiger partial charge is 0.230 e. The highest BCUT2D eigenvalue weighted by Crippen LogP contribution is 2.13. The molecule has 0 radical (unpaired) electrons. The minimum absolute atomic E-state index is 0.177. The van der Waals surface area contributed by atoms with Crippen LogP contribution in [0, 0.1) is 11.6 Å². The molecule has 25 heavy (non-hydrogen) atoms. The molecule has 0 atom stereocenters. The summed E-state index contributed by atoms with van der Waals surface area (Å²) in [5, 5.41) is 2.61. The normalized spacial score (nSPS) is 15.2. The van der Waals surface area contributed by atoms with E-state index in [2.05, 4.69) is 22.3 Å². The summed E-state index contributed by atoms with van der Waals surface area (Å²) in [6.45, 7) is 4.62. The summed E-state index contributed by atoms with van der Waals surface area (Å²) >= 11 is 0. The molecule has 2 aromatic carbocycles. The van der Waals surface area contributed by atoms with E-state index in [9.17, 15) is 13.6 Å². The zero-order chi connectivity index (χ0) is 17.6. The first-order valence-corrected chi connectivity index (χ1v) is 8.50. The van der Waals surface area contributed by atoms with E-state index in [1.165, 1.54) is 16.7 Å². The maximum atomic E-state index is 13.1. The van der Waals surface area contributed by atoms with Crippen molar-refractivity contribution < 1.29 is 18.5 Å². The molecule has 4 nitrogen and oxygen atoms in total. The number of hydrogen-bond donors (Lipinski definition) is 2. The summed E-state index contributed by atoms with van der Waals surface area (Å²) in [5.41, 5.74) is 1.52. The Morgan fingerprint density at radius 2 is 1.76 bits per heavy atom. The van der Waals surface area contributed by atoms with Gasteiger partial charge in [0.1, 0.15) is 0 Å². The SMILES string of the molecule is O=C(CC[NH+]1CCN(c2ccccc2)CC1)Nc1ccc(F)c(F)c1. The van der Waals surface area contributed by atoms with E-state index in [0.717, 1.165) is 44.9 Å². The second-order valence-electron chi connectivity index (χ2n) is 6.25. The molecule has 1 heterocycles. The average molecular weight is 346 g/mol. The van der Waals surface area contributed by atoms with Gasteiger partial charge in [-0.25, -0.2) is 8.78 Å². The number of halogens is 2. The monoisotopic (exact) mass is 346 g/mol. The largest absolute Gasteiger partial charge is 0.360 e. The minimum Gasteiger partial charge on any atom is -0.360 e. The Bertz CT molecular complexity index is 716. The Morgan fingerprint density at radius 3 is 2.44 bits per heavy atom. The zero-order valence-corrected chi connectivity index (χ0v) is 14.0. The van der Waals surface area contributed by atoms with Crippen LogP contribution in [-0.2, 0) is 4.79 Å². The fourth-order valence-corrected chi connectivity index (χ4v) is 3.06. The van der Waals surface area contributed by atoms with Crippen LogP contribution in [0.2, 0.25) is 0 Å². The van der Waals surface area contributed by atoms with Gasteiger partial charge in [0.15, 0.2) is 11.6 Å². The van der Waals surface area contributed by atoms with Gasteiger partial charge in [-0.15, -0.1) is 0 Å². The van der Waals surface area contributed by atoms with Gasteiger partial charge in [-0.3, -0.25) is 4.79 Å². The molecule has 0 saturated carbocycles. The van der Waals surface area contributed by atoms with E-state index in [0.29, 0.717) is 6.42 Å². The van der Waals surface area contributed by atoms with E-state index in [-0.39, 0.29) is 11.6 Å². The van der Waals surface area contributed by atoms with Crippen molar-refractivity contribution in [3.05, 3.63) is 60.2 Å². The highest BCUT2D eigenvalue weighted by Gasteiger charge is 2.20. The quantitative estimate of drug-likeness (QED) is 0.865. The maximum Gasteiger partial charge on any atom is 0.230 e. The zero-order valence-electron chi connectivity index (χ0n) is 14.0. The van der Waals surface area contributed by atoms with Crippen LogP contribution in [-0.4, -0.2) is 38.6 Å². The molecule has 0 bridgehead atoms. The lowest BCUT2D eigenvalue weighted by molar-refractivity contribution is -0.900. The molecular formula is C19H22F2N3O+. The van der Waals surface area contributed by atoms with Crippen LogP contribution in [0.5, 0.6) is 0 Å². The van der Waals surface area contributed by atoms with Gasteiger partial charge >= 0.3 is 0 Å². The number of para-hydroxylation sites is 1. The van der Waals surface area contributed by atoms with E-state index in [1.54, 1.807) is 0 Å². The number of piperazine rings is 1. The number of quaternary nitrogens is 1. The van der Waals surface area contributed by atoms with Gasteiger partial charge in [0.2, 0.25) is 5.91 Å². The number of benzene rings is 2. The molecule has 2 N–H and O–H groups in total. The molecule has 1 saturated heterocycles. The fourth-order valence-electron chi connectivity index (χ4n) is 3.06. The molecule has 1 aliphatic heterocycles. The van der Waals surface area contributed by atoms with Crippen LogP contribution in [0.3, 0.4) is 0 Å². The Labute approximate surface area is 146 Å². The second-order valence-corrected chi connectivity index (χ2v) is 6.25. The first kappa shape index (κ1) is 17.4. The number of rotatable bonds is 5. The molecule has 0 spiro atoms. The number of hydrogen-bond acceptors (Lipinski definition) is 2. The molecule has 1 fully saturated rings. The first-order valence-electron chi connectivity index (χ1n) is 8.50. The molecule has 3 rings (SSSR count). The van der Waals surface area contributed by atoms with E-state index < -0.39 is 11.6 Å². The van der Waals surface area contributed by atoms with Gasteiger partial charge in [0.05, 0.1) is 39.1 Å². The van der Waals surface area contributed by atoms with Gasteiger partial charge in [-0.05, 0) is 24.3 Å². The number of carbonyl (C=O) groups is 1. The number of carbonyl (C=O) groups excluding carboxylic acids is 1. The third-order valence-electron chi connectivity index (χ3n) is 4.50. The maximum absolute atomic E-state index is 13.1. The fraction of sp³-hybridized carbons (Fsp3) is 0.316. The molecule has 6 heteroatoms. The standard InChI is InChI=1S/C19H21F2N3O/c20-17-7-6-15(14-18(17)21)22-19(25)8-9-23-10-12-24(13-11-23)16-4-2-1-3-5-16/h1-7,14H,8-13H2,(H,22,25)/p+1. The van der Waals surface area contributed by atoms with Crippen LogP contribution >= 0.6 is 0 Å². The molecule has 0 aliphatic carbocycles. The summed E-state index contributed by atoms with van der Waals surface area (Å²) in [7, 11) is 0. The van der Waals surface area contributed by atoms with Crippen LogP contribution in [0.1, 0.15) is 6.42 Å². The number of anilines is 2. The van der Waals surface area contributed by atoms with Crippen molar-refractivity contribution in [1.29, 1.82) is 0 Å². The predicted molar refractivity (Wildman–Crippen MR) is 93.8 cm³/mol. The topological polar surface area (TPSA) is 36.8 Å². The lowest BCUT2D eigenvalue weighted by Crippen LogP contribution is -3.15.